The normalized spacial score (nSPS) is 51.1. The number of hydrogen-bond acceptors (Lipinski definition) is 14. The third kappa shape index (κ3) is 6.34. The summed E-state index contributed by atoms with van der Waals surface area (Å²) in [6.07, 6.45) is -1.32. The molecule has 4 saturated carbocycles. The molecule has 3 aliphatic heterocycles. The summed E-state index contributed by atoms with van der Waals surface area (Å²) >= 11 is 0. The fourth-order valence-corrected chi connectivity index (χ4v) is 12.6. The summed E-state index contributed by atoms with van der Waals surface area (Å²) in [4.78, 5) is 39.8. The monoisotopic (exact) mass is 792 g/mol. The molecular weight excluding hydrogens is 728 g/mol. The highest BCUT2D eigenvalue weighted by molar-refractivity contribution is 5.88. The van der Waals surface area contributed by atoms with E-state index in [4.69, 9.17) is 42.6 Å². The van der Waals surface area contributed by atoms with E-state index in [0.29, 0.717) is 24.8 Å². The van der Waals surface area contributed by atoms with Gasteiger partial charge in [0.05, 0.1) is 24.4 Å². The number of ether oxygens (including phenoxy) is 9. The van der Waals surface area contributed by atoms with Crippen molar-refractivity contribution in [2.45, 2.75) is 192 Å². The number of methoxy groups -OCH3 is 2. The quantitative estimate of drug-likeness (QED) is 0.141. The topological polar surface area (TPSA) is 178 Å². The number of esters is 2. The van der Waals surface area contributed by atoms with Crippen molar-refractivity contribution in [3.8, 4) is 0 Å². The Bertz CT molecular complexity index is 1550. The molecule has 0 amide bonds. The Hall–Kier alpha value is -2.01. The first kappa shape index (κ1) is 42.1. The van der Waals surface area contributed by atoms with Crippen LogP contribution in [0.1, 0.15) is 107 Å². The van der Waals surface area contributed by atoms with E-state index in [1.807, 2.05) is 13.8 Å². The van der Waals surface area contributed by atoms with E-state index in [9.17, 15) is 24.6 Å². The van der Waals surface area contributed by atoms with Crippen LogP contribution < -0.4 is 0 Å². The molecule has 0 aromatic carbocycles. The van der Waals surface area contributed by atoms with Crippen LogP contribution in [0.3, 0.4) is 0 Å². The molecular formula is C42H64O14. The SMILES string of the molecule is C/C=C(\C)C(=O)O[C@H]1[C@@H]2[C@@]3(C)CC[C@H](O[C@H]4C[C@@H](OC)[C@H](O[C@@H]5O[C@H](C)[C@@H](O)[C@@H](OC)[C@H]5O)[C@@H](C)O4)C[C@@H]3CC[C@]23O[C@@]32CCC(C(C)=O)[C@@]2(C)[C@@H]1OC(C)=O. The van der Waals surface area contributed by atoms with Gasteiger partial charge >= 0.3 is 11.9 Å². The van der Waals surface area contributed by atoms with Gasteiger partial charge in [-0.25, -0.2) is 4.79 Å². The molecule has 0 aromatic rings. The molecule has 19 atom stereocenters. The van der Waals surface area contributed by atoms with E-state index in [0.717, 1.165) is 32.1 Å². The first-order valence-corrected chi connectivity index (χ1v) is 20.7. The van der Waals surface area contributed by atoms with E-state index in [1.165, 1.54) is 14.0 Å². The second-order valence-corrected chi connectivity index (χ2v) is 18.2. The molecule has 3 saturated heterocycles. The van der Waals surface area contributed by atoms with Crippen LogP contribution in [0.25, 0.3) is 0 Å². The van der Waals surface area contributed by atoms with Gasteiger partial charge in [0.25, 0.3) is 0 Å². The summed E-state index contributed by atoms with van der Waals surface area (Å²) in [7, 11) is 3.04. The van der Waals surface area contributed by atoms with Gasteiger partial charge in [-0.1, -0.05) is 19.9 Å². The number of fused-ring (bicyclic) bond motifs is 2. The highest BCUT2D eigenvalue weighted by Gasteiger charge is 2.91. The molecule has 1 unspecified atom stereocenters. The number of hydrogen-bond donors (Lipinski definition) is 2. The number of carbonyl (C=O) groups is 3. The Morgan fingerprint density at radius 1 is 0.804 bits per heavy atom. The summed E-state index contributed by atoms with van der Waals surface area (Å²) in [5.41, 5.74) is -2.04. The minimum absolute atomic E-state index is 0.0276. The fraction of sp³-hybridized carbons (Fsp3) is 0.881. The largest absolute Gasteiger partial charge is 0.458 e. The smallest absolute Gasteiger partial charge is 0.333 e. The molecule has 56 heavy (non-hydrogen) atoms. The van der Waals surface area contributed by atoms with Crippen molar-refractivity contribution in [2.75, 3.05) is 14.2 Å². The first-order chi connectivity index (χ1) is 26.4. The van der Waals surface area contributed by atoms with Crippen molar-refractivity contribution in [1.29, 1.82) is 0 Å². The molecule has 316 valence electrons. The highest BCUT2D eigenvalue weighted by atomic mass is 16.7. The van der Waals surface area contributed by atoms with Gasteiger partial charge in [-0.2, -0.15) is 0 Å². The summed E-state index contributed by atoms with van der Waals surface area (Å²) in [6.45, 7) is 14.4. The number of allylic oxidation sites excluding steroid dienone is 1. The average Bonchev–Trinajstić information content (AvgIpc) is 3.70. The average molecular weight is 793 g/mol. The third-order valence-corrected chi connectivity index (χ3v) is 15.6. The van der Waals surface area contributed by atoms with Crippen LogP contribution in [0.5, 0.6) is 0 Å². The lowest BCUT2D eigenvalue weighted by molar-refractivity contribution is -0.343. The summed E-state index contributed by atoms with van der Waals surface area (Å²) in [6, 6.07) is 0. The van der Waals surface area contributed by atoms with Gasteiger partial charge in [0.1, 0.15) is 53.6 Å². The van der Waals surface area contributed by atoms with Crippen LogP contribution in [-0.4, -0.2) is 127 Å². The number of Topliss-reactive ketones (excluding diaryl/α,β-unsaturated/α-hetero) is 1. The molecule has 14 nitrogen and oxygen atoms in total. The van der Waals surface area contributed by atoms with Gasteiger partial charge in [0.2, 0.25) is 0 Å². The van der Waals surface area contributed by atoms with Crippen LogP contribution in [0.4, 0.5) is 0 Å². The van der Waals surface area contributed by atoms with Crippen LogP contribution in [-0.2, 0) is 57.0 Å². The second-order valence-electron chi connectivity index (χ2n) is 18.2. The predicted octanol–water partition coefficient (Wildman–Crippen LogP) is 3.94. The maximum atomic E-state index is 13.7. The molecule has 7 fully saturated rings. The Balaban J connectivity index is 1.10. The van der Waals surface area contributed by atoms with Gasteiger partial charge in [-0.15, -0.1) is 0 Å². The third-order valence-electron chi connectivity index (χ3n) is 15.6. The molecule has 2 N–H and O–H groups in total. The number of aliphatic hydroxyl groups is 2. The summed E-state index contributed by atoms with van der Waals surface area (Å²) in [5, 5.41) is 21.3. The molecule has 0 bridgehead atoms. The molecule has 0 radical (unpaired) electrons. The number of epoxide rings is 1. The summed E-state index contributed by atoms with van der Waals surface area (Å²) in [5.74, 6) is -1.41. The minimum Gasteiger partial charge on any atom is -0.458 e. The van der Waals surface area contributed by atoms with E-state index in [2.05, 4.69) is 6.92 Å². The number of carbonyl (C=O) groups excluding carboxylic acids is 3. The van der Waals surface area contributed by atoms with E-state index in [1.54, 1.807) is 40.9 Å². The second kappa shape index (κ2) is 15.2. The maximum absolute atomic E-state index is 13.7. The lowest BCUT2D eigenvalue weighted by Crippen LogP contribution is -2.70. The number of rotatable bonds is 10. The number of aliphatic hydroxyl groups excluding tert-OH is 2. The summed E-state index contributed by atoms with van der Waals surface area (Å²) < 4.78 is 56.4. The Morgan fingerprint density at radius 2 is 1.54 bits per heavy atom. The van der Waals surface area contributed by atoms with Gasteiger partial charge in [-0.3, -0.25) is 9.59 Å². The van der Waals surface area contributed by atoms with Gasteiger partial charge in [-0.05, 0) is 90.9 Å². The molecule has 2 spiro atoms. The first-order valence-electron chi connectivity index (χ1n) is 20.7. The van der Waals surface area contributed by atoms with Gasteiger partial charge in [0, 0.05) is 50.4 Å². The van der Waals surface area contributed by atoms with Gasteiger partial charge in [0.15, 0.2) is 12.6 Å². The molecule has 7 rings (SSSR count). The van der Waals surface area contributed by atoms with E-state index < -0.39 is 102 Å². The zero-order chi connectivity index (χ0) is 40.7. The zero-order valence-electron chi connectivity index (χ0n) is 34.7. The molecule has 14 heteroatoms. The fourth-order valence-electron chi connectivity index (χ4n) is 12.6. The standard InChI is InChI=1S/C42H64O14/c1-11-20(2)37(47)54-34-35-39(7)15-13-26(53-29-19-28(48-9)32(23(5)50-29)55-38-31(46)33(49-10)30(45)22(4)51-38)18-25(39)12-16-41(35)42(56-41)17-14-27(21(3)43)40(42,8)36(34)52-24(6)44/h11,22-23,25-36,38,45-46H,12-19H2,1-10H3/b20-11+/t22-,23-,25+,26+,27?,28-,29+,30-,31-,32-,33-,34+,35-,36-,38+,39+,40+,41+,42-/m1/s1. The zero-order valence-corrected chi connectivity index (χ0v) is 34.7. The van der Waals surface area contributed by atoms with Crippen molar-refractivity contribution < 1.29 is 67.2 Å². The maximum Gasteiger partial charge on any atom is 0.333 e. The van der Waals surface area contributed by atoms with Gasteiger partial charge < -0.3 is 52.8 Å². The molecule has 4 aliphatic carbocycles. The Kier molecular flexibility index (Phi) is 11.5. The predicted molar refractivity (Wildman–Crippen MR) is 198 cm³/mol. The van der Waals surface area contributed by atoms with Crippen LogP contribution >= 0.6 is 0 Å². The Labute approximate surface area is 330 Å². The van der Waals surface area contributed by atoms with Crippen molar-refractivity contribution >= 4 is 17.7 Å². The number of ketones is 1. The van der Waals surface area contributed by atoms with Crippen molar-refractivity contribution in [1.82, 2.24) is 0 Å². The lowest BCUT2D eigenvalue weighted by atomic mass is 9.43. The van der Waals surface area contributed by atoms with Crippen molar-refractivity contribution in [3.63, 3.8) is 0 Å². The molecule has 3 heterocycles. The van der Waals surface area contributed by atoms with Crippen LogP contribution in [0.2, 0.25) is 0 Å². The van der Waals surface area contributed by atoms with E-state index >= 15 is 0 Å². The lowest BCUT2D eigenvalue weighted by Gasteiger charge is -2.61. The highest BCUT2D eigenvalue weighted by Crippen LogP contribution is 2.81. The van der Waals surface area contributed by atoms with Crippen molar-refractivity contribution in [3.05, 3.63) is 11.6 Å². The van der Waals surface area contributed by atoms with Crippen LogP contribution in [0, 0.1) is 28.6 Å². The van der Waals surface area contributed by atoms with Crippen molar-refractivity contribution in [2.24, 2.45) is 28.6 Å². The van der Waals surface area contributed by atoms with Crippen LogP contribution in [0.15, 0.2) is 11.6 Å². The molecule has 0 aromatic heterocycles. The van der Waals surface area contributed by atoms with E-state index in [-0.39, 0.29) is 29.1 Å². The Morgan fingerprint density at radius 3 is 2.18 bits per heavy atom. The molecule has 7 aliphatic rings. The minimum atomic E-state index is -1.21.